The van der Waals surface area contributed by atoms with E-state index in [1.807, 2.05) is 13.8 Å². The molecule has 0 aliphatic carbocycles. The highest BCUT2D eigenvalue weighted by Crippen LogP contribution is 2.08. The van der Waals surface area contributed by atoms with Crippen LogP contribution < -0.4 is 27.4 Å². The van der Waals surface area contributed by atoms with Crippen molar-refractivity contribution in [2.75, 3.05) is 6.54 Å². The smallest absolute Gasteiger partial charge is 0.326 e. The van der Waals surface area contributed by atoms with Gasteiger partial charge in [-0.2, -0.15) is 0 Å². The molecule has 0 fully saturated rings. The Bertz CT molecular complexity index is 643. The molecule has 0 bridgehead atoms. The molecular weight excluding hydrogens is 410 g/mol. The largest absolute Gasteiger partial charge is 0.481 e. The third-order valence-corrected chi connectivity index (χ3v) is 4.89. The molecule has 0 saturated carbocycles. The SMILES string of the molecule is CCC(C)C(N)C(=O)NC(CCCCN)C(=O)NC(C)C(=O)NC(CC(=O)O)C(=O)O. The van der Waals surface area contributed by atoms with Crippen LogP contribution >= 0.6 is 0 Å². The maximum absolute atomic E-state index is 12.7. The second-order valence-corrected chi connectivity index (χ2v) is 7.48. The van der Waals surface area contributed by atoms with E-state index in [-0.39, 0.29) is 12.3 Å². The van der Waals surface area contributed by atoms with Gasteiger partial charge >= 0.3 is 11.9 Å². The molecule has 0 radical (unpaired) electrons. The lowest BCUT2D eigenvalue weighted by atomic mass is 9.98. The molecule has 178 valence electrons. The summed E-state index contributed by atoms with van der Waals surface area (Å²) in [5.74, 6) is -5.02. The molecule has 0 aromatic rings. The fourth-order valence-electron chi connectivity index (χ4n) is 2.59. The minimum Gasteiger partial charge on any atom is -0.481 e. The number of carboxylic acid groups (broad SMARTS) is 2. The number of carbonyl (C=O) groups excluding carboxylic acids is 3. The number of carbonyl (C=O) groups is 5. The first-order chi connectivity index (χ1) is 14.4. The standard InChI is InChI=1S/C19H35N5O7/c1-4-10(2)15(21)18(29)23-12(7-5-6-8-20)17(28)22-11(3)16(27)24-13(19(30)31)9-14(25)26/h10-13,15H,4-9,20-21H2,1-3H3,(H,22,28)(H,23,29)(H,24,27)(H,25,26)(H,30,31). The molecular formula is C19H35N5O7. The fourth-order valence-corrected chi connectivity index (χ4v) is 2.59. The summed E-state index contributed by atoms with van der Waals surface area (Å²) in [5, 5.41) is 24.9. The molecule has 0 spiro atoms. The van der Waals surface area contributed by atoms with Gasteiger partial charge in [-0.3, -0.25) is 19.2 Å². The number of unbranched alkanes of at least 4 members (excludes halogenated alkanes) is 1. The van der Waals surface area contributed by atoms with Gasteiger partial charge in [0, 0.05) is 0 Å². The Balaban J connectivity index is 5.12. The predicted octanol–water partition coefficient (Wildman–Crippen LogP) is -1.48. The zero-order chi connectivity index (χ0) is 24.1. The van der Waals surface area contributed by atoms with Crippen molar-refractivity contribution in [1.29, 1.82) is 0 Å². The van der Waals surface area contributed by atoms with Gasteiger partial charge in [0.05, 0.1) is 12.5 Å². The van der Waals surface area contributed by atoms with Crippen molar-refractivity contribution < 1.29 is 34.2 Å². The molecule has 0 heterocycles. The van der Waals surface area contributed by atoms with Crippen molar-refractivity contribution in [2.45, 2.75) is 77.0 Å². The number of carboxylic acids is 2. The van der Waals surface area contributed by atoms with Crippen molar-refractivity contribution in [3.8, 4) is 0 Å². The van der Waals surface area contributed by atoms with E-state index in [1.165, 1.54) is 6.92 Å². The molecule has 0 aromatic carbocycles. The Morgan fingerprint density at radius 1 is 0.871 bits per heavy atom. The number of amides is 3. The summed E-state index contributed by atoms with van der Waals surface area (Å²) in [6.07, 6.45) is 1.31. The van der Waals surface area contributed by atoms with Crippen LogP contribution in [0, 0.1) is 5.92 Å². The number of hydrogen-bond acceptors (Lipinski definition) is 7. The van der Waals surface area contributed by atoms with E-state index in [2.05, 4.69) is 16.0 Å². The summed E-state index contributed by atoms with van der Waals surface area (Å²) in [5.41, 5.74) is 11.4. The Morgan fingerprint density at radius 3 is 1.94 bits per heavy atom. The van der Waals surface area contributed by atoms with Crippen LogP contribution in [-0.4, -0.2) is 70.6 Å². The van der Waals surface area contributed by atoms with E-state index < -0.39 is 60.2 Å². The molecule has 0 aliphatic heterocycles. The van der Waals surface area contributed by atoms with Crippen molar-refractivity contribution in [2.24, 2.45) is 17.4 Å². The Kier molecular flexibility index (Phi) is 13.0. The van der Waals surface area contributed by atoms with E-state index >= 15 is 0 Å². The first-order valence-corrected chi connectivity index (χ1v) is 10.3. The normalized spacial score (nSPS) is 15.6. The number of aliphatic carboxylic acids is 2. The lowest BCUT2D eigenvalue weighted by molar-refractivity contribution is -0.147. The summed E-state index contributed by atoms with van der Waals surface area (Å²) in [6, 6.07) is -4.57. The first kappa shape index (κ1) is 28.3. The van der Waals surface area contributed by atoms with Gasteiger partial charge in [0.1, 0.15) is 18.1 Å². The van der Waals surface area contributed by atoms with Crippen LogP contribution in [-0.2, 0) is 24.0 Å². The molecule has 3 amide bonds. The summed E-state index contributed by atoms with van der Waals surface area (Å²) >= 11 is 0. The molecule has 0 aliphatic rings. The van der Waals surface area contributed by atoms with Crippen LogP contribution in [0.25, 0.3) is 0 Å². The predicted molar refractivity (Wildman–Crippen MR) is 112 cm³/mol. The molecule has 0 aromatic heterocycles. The molecule has 12 nitrogen and oxygen atoms in total. The Labute approximate surface area is 181 Å². The zero-order valence-electron chi connectivity index (χ0n) is 18.2. The number of nitrogens with one attached hydrogen (secondary N) is 3. The van der Waals surface area contributed by atoms with Crippen molar-refractivity contribution >= 4 is 29.7 Å². The van der Waals surface area contributed by atoms with E-state index in [0.717, 1.165) is 0 Å². The quantitative estimate of drug-likeness (QED) is 0.146. The molecule has 0 rings (SSSR count). The van der Waals surface area contributed by atoms with Crippen LogP contribution in [0.2, 0.25) is 0 Å². The molecule has 9 N–H and O–H groups in total. The molecule has 5 atom stereocenters. The molecule has 5 unspecified atom stereocenters. The third-order valence-electron chi connectivity index (χ3n) is 4.89. The van der Waals surface area contributed by atoms with E-state index in [0.29, 0.717) is 25.8 Å². The lowest BCUT2D eigenvalue weighted by Gasteiger charge is -2.24. The lowest BCUT2D eigenvalue weighted by Crippen LogP contribution is -2.57. The maximum Gasteiger partial charge on any atom is 0.326 e. The highest BCUT2D eigenvalue weighted by molar-refractivity contribution is 5.94. The number of nitrogens with two attached hydrogens (primary N) is 2. The zero-order valence-corrected chi connectivity index (χ0v) is 18.2. The second-order valence-electron chi connectivity index (χ2n) is 7.48. The first-order valence-electron chi connectivity index (χ1n) is 10.3. The van der Waals surface area contributed by atoms with Crippen molar-refractivity contribution in [3.05, 3.63) is 0 Å². The van der Waals surface area contributed by atoms with Gasteiger partial charge in [0.25, 0.3) is 0 Å². The van der Waals surface area contributed by atoms with E-state index in [4.69, 9.17) is 21.7 Å². The average Bonchev–Trinajstić information content (AvgIpc) is 2.70. The van der Waals surface area contributed by atoms with Crippen LogP contribution in [0.15, 0.2) is 0 Å². The third kappa shape index (κ3) is 10.7. The van der Waals surface area contributed by atoms with E-state index in [9.17, 15) is 24.0 Å². The number of hydrogen-bond donors (Lipinski definition) is 7. The van der Waals surface area contributed by atoms with E-state index in [1.54, 1.807) is 0 Å². The van der Waals surface area contributed by atoms with Gasteiger partial charge in [-0.1, -0.05) is 20.3 Å². The van der Waals surface area contributed by atoms with Gasteiger partial charge in [0.15, 0.2) is 0 Å². The van der Waals surface area contributed by atoms with Crippen LogP contribution in [0.5, 0.6) is 0 Å². The van der Waals surface area contributed by atoms with Gasteiger partial charge < -0.3 is 37.6 Å². The summed E-state index contributed by atoms with van der Waals surface area (Å²) < 4.78 is 0. The summed E-state index contributed by atoms with van der Waals surface area (Å²) in [6.45, 7) is 5.43. The van der Waals surface area contributed by atoms with Crippen LogP contribution in [0.3, 0.4) is 0 Å². The van der Waals surface area contributed by atoms with Crippen molar-refractivity contribution in [3.63, 3.8) is 0 Å². The minimum atomic E-state index is -1.64. The van der Waals surface area contributed by atoms with Crippen LogP contribution in [0.1, 0.15) is 52.9 Å². The minimum absolute atomic E-state index is 0.0976. The Hall–Kier alpha value is -2.73. The fraction of sp³-hybridized carbons (Fsp3) is 0.737. The monoisotopic (exact) mass is 445 g/mol. The average molecular weight is 446 g/mol. The van der Waals surface area contributed by atoms with Gasteiger partial charge in [0.2, 0.25) is 17.7 Å². The number of rotatable bonds is 15. The Morgan fingerprint density at radius 2 is 1.45 bits per heavy atom. The summed E-state index contributed by atoms with van der Waals surface area (Å²) in [7, 11) is 0. The van der Waals surface area contributed by atoms with Crippen molar-refractivity contribution in [1.82, 2.24) is 16.0 Å². The van der Waals surface area contributed by atoms with Crippen LogP contribution in [0.4, 0.5) is 0 Å². The van der Waals surface area contributed by atoms with Gasteiger partial charge in [-0.15, -0.1) is 0 Å². The van der Waals surface area contributed by atoms with Gasteiger partial charge in [-0.05, 0) is 38.6 Å². The molecule has 0 saturated heterocycles. The topological polar surface area (TPSA) is 214 Å². The van der Waals surface area contributed by atoms with Gasteiger partial charge in [-0.25, -0.2) is 4.79 Å². The second kappa shape index (κ2) is 14.3. The highest BCUT2D eigenvalue weighted by Gasteiger charge is 2.29. The molecule has 12 heteroatoms. The highest BCUT2D eigenvalue weighted by atomic mass is 16.4. The molecule has 31 heavy (non-hydrogen) atoms. The maximum atomic E-state index is 12.7. The summed E-state index contributed by atoms with van der Waals surface area (Å²) in [4.78, 5) is 59.1.